The van der Waals surface area contributed by atoms with E-state index in [-0.39, 0.29) is 17.3 Å². The van der Waals surface area contributed by atoms with Crippen LogP contribution in [0.2, 0.25) is 39.3 Å². The maximum atomic E-state index is 9.96. The fourth-order valence-electron chi connectivity index (χ4n) is 21.9. The number of nitrogens with zero attached hydrogens (tertiary/aromatic N) is 2. The number of halogens is 3. The Morgan fingerprint density at radius 1 is 0.263 bits per heavy atom. The summed E-state index contributed by atoms with van der Waals surface area (Å²) in [5.74, 6) is 5.93. The van der Waals surface area contributed by atoms with Crippen molar-refractivity contribution in [3.05, 3.63) is 458 Å². The van der Waals surface area contributed by atoms with Crippen LogP contribution >= 0.6 is 31.9 Å². The van der Waals surface area contributed by atoms with E-state index in [9.17, 15) is 4.39 Å². The predicted molar refractivity (Wildman–Crippen MR) is 603 cm³/mol. The largest absolute Gasteiger partial charge is 0.458 e. The van der Waals surface area contributed by atoms with Gasteiger partial charge in [0.05, 0.1) is 28.8 Å². The third kappa shape index (κ3) is 16.3. The molecular weight excluding hydrogens is 1910 g/mol. The average molecular weight is 2020 g/mol. The minimum Gasteiger partial charge on any atom is -0.458 e. The lowest BCUT2D eigenvalue weighted by Crippen LogP contribution is -2.77. The van der Waals surface area contributed by atoms with Gasteiger partial charge < -0.3 is 34.1 Å². The molecule has 7 nitrogen and oxygen atoms in total. The minimum atomic E-state index is -2.81. The van der Waals surface area contributed by atoms with Gasteiger partial charge in [0.25, 0.3) is 0 Å². The maximum absolute atomic E-state index is 9.96. The molecule has 0 unspecified atom stereocenters. The molecule has 0 saturated carbocycles. The molecule has 7 aliphatic heterocycles. The molecule has 0 spiro atoms. The van der Waals surface area contributed by atoms with Crippen molar-refractivity contribution in [2.45, 2.75) is 59.6 Å². The van der Waals surface area contributed by atoms with Gasteiger partial charge in [-0.15, -0.1) is 0 Å². The van der Waals surface area contributed by atoms with Crippen LogP contribution in [-0.4, -0.2) is 77.2 Å². The second-order valence-corrected chi connectivity index (χ2v) is 62.3. The van der Waals surface area contributed by atoms with Crippen molar-refractivity contribution in [1.29, 1.82) is 0 Å². The number of hydrogen-bond donors (Lipinski definition) is 1. The van der Waals surface area contributed by atoms with Gasteiger partial charge in [-0.05, 0) is 211 Å². The lowest BCUT2D eigenvalue weighted by atomic mass is 10.1. The van der Waals surface area contributed by atoms with Crippen molar-refractivity contribution >= 4 is 228 Å². The minimum absolute atomic E-state index is 0. The molecule has 0 amide bonds. The Hall–Kier alpha value is -13.0. The molecule has 0 bridgehead atoms. The molecule has 18 aromatic rings. The lowest BCUT2D eigenvalue weighted by Gasteiger charge is -2.47. The molecule has 7 aliphatic rings. The van der Waals surface area contributed by atoms with Crippen molar-refractivity contribution in [3.63, 3.8) is 0 Å². The van der Waals surface area contributed by atoms with Gasteiger partial charge >= 0.3 is 0 Å². The summed E-state index contributed by atoms with van der Waals surface area (Å²) in [6, 6.07) is 165. The van der Waals surface area contributed by atoms with Crippen LogP contribution in [-0.2, 0) is 4.74 Å². The first-order valence-electron chi connectivity index (χ1n) is 47.1. The maximum Gasteiger partial charge on any atom is 0.184 e. The SMILES string of the molecule is C.C1CCOC1.C[Si]1(C)c2cccc(Br)c2Oc2c(Br)cccc21.C[Si]1(C)c2cccc(N3c4ccccc4[Si](c4ccccc4)(c4ccccc4)c4ccccc43)c2Oc2c(N3c4ccccc4[Si](c4ccccc4)(c4ccccc4)c4ccccc43)cccc21.C[Si]1(C)c2ccccc2Oc2ccccc21.[2HH].[2H]CF.[B].c1ccc([Si]2(c3ccccc3)c3ccccc3Nc3ccccc32)cc1. The summed E-state index contributed by atoms with van der Waals surface area (Å²) in [7, 11) is -14.6. The topological polar surface area (TPSA) is 55.4 Å². The van der Waals surface area contributed by atoms with Gasteiger partial charge in [-0.25, -0.2) is 0 Å². The molecule has 18 aromatic carbocycles. The van der Waals surface area contributed by atoms with Crippen LogP contribution in [0.3, 0.4) is 0 Å². The number of para-hydroxylation sites is 12. The van der Waals surface area contributed by atoms with Crippen LogP contribution in [0.15, 0.2) is 458 Å². The van der Waals surface area contributed by atoms with Gasteiger partial charge in [-0.3, -0.25) is 4.39 Å². The van der Waals surface area contributed by atoms with E-state index in [4.69, 9.17) is 20.3 Å². The summed E-state index contributed by atoms with van der Waals surface area (Å²) < 4.78 is 42.3. The van der Waals surface area contributed by atoms with Crippen molar-refractivity contribution in [2.24, 2.45) is 0 Å². The summed E-state index contributed by atoms with van der Waals surface area (Å²) in [5, 5.41) is 28.4. The fraction of sp³-hybridized carbons (Fsp3) is 0.100. The number of fused-ring (bicyclic) bond motifs is 12. The number of alkyl halides is 1. The van der Waals surface area contributed by atoms with Crippen molar-refractivity contribution < 1.29 is 26.1 Å². The summed E-state index contributed by atoms with van der Waals surface area (Å²) in [6.45, 7) is 16.5. The van der Waals surface area contributed by atoms with Gasteiger partial charge in [0, 0.05) is 57.2 Å². The normalized spacial score (nSPS) is 15.2. The van der Waals surface area contributed by atoms with E-state index in [1.165, 1.54) is 140 Å². The predicted octanol–water partition coefficient (Wildman–Crippen LogP) is 20.7. The monoisotopic (exact) mass is 2010 g/mol. The Morgan fingerprint density at radius 3 is 0.781 bits per heavy atom. The van der Waals surface area contributed by atoms with Crippen molar-refractivity contribution in [2.75, 3.05) is 35.5 Å². The molecule has 137 heavy (non-hydrogen) atoms. The first-order valence-corrected chi connectivity index (χ1v) is 62.9. The molecule has 0 atom stereocenters. The summed E-state index contributed by atoms with van der Waals surface area (Å²) in [4.78, 5) is 5.04. The highest BCUT2D eigenvalue weighted by molar-refractivity contribution is 9.11. The zero-order valence-corrected chi connectivity index (χ0v) is 86.2. The first-order chi connectivity index (χ1) is 66.6. The van der Waals surface area contributed by atoms with Crippen molar-refractivity contribution in [1.82, 2.24) is 0 Å². The molecule has 25 rings (SSSR count). The molecular formula is C120H110BBr2FN3O4Si6. The van der Waals surface area contributed by atoms with Crippen molar-refractivity contribution in [3.8, 4) is 34.5 Å². The number of anilines is 8. The van der Waals surface area contributed by atoms with E-state index in [1.807, 2.05) is 24.3 Å². The van der Waals surface area contributed by atoms with E-state index in [1.54, 1.807) is 0 Å². The number of rotatable bonds is 8. The molecule has 0 aromatic heterocycles. The second-order valence-electron chi connectivity index (χ2n) is 36.4. The summed E-state index contributed by atoms with van der Waals surface area (Å²) >= 11 is 7.18. The summed E-state index contributed by atoms with van der Waals surface area (Å²) in [5.41, 5.74) is 9.37. The summed E-state index contributed by atoms with van der Waals surface area (Å²) in [6.07, 6.45) is 2.56. The molecule has 1 fully saturated rings. The molecule has 677 valence electrons. The Balaban J connectivity index is 0.000000151. The number of nitrogens with one attached hydrogen (secondary N) is 1. The molecule has 1 saturated heterocycles. The van der Waals surface area contributed by atoms with Crippen LogP contribution in [0.25, 0.3) is 0 Å². The molecule has 0 aliphatic carbocycles. The van der Waals surface area contributed by atoms with Crippen LogP contribution < -0.4 is 123 Å². The molecule has 7 heterocycles. The van der Waals surface area contributed by atoms with E-state index in [2.05, 4.69) is 511 Å². The molecule has 17 heteroatoms. The first kappa shape index (κ1) is 93.0. The highest BCUT2D eigenvalue weighted by atomic mass is 79.9. The zero-order chi connectivity index (χ0) is 93.2. The van der Waals surface area contributed by atoms with E-state index < -0.39 is 55.6 Å². The molecule has 1 N–H and O–H groups in total. The van der Waals surface area contributed by atoms with Gasteiger partial charge in [-0.2, -0.15) is 0 Å². The van der Waals surface area contributed by atoms with E-state index in [0.717, 1.165) is 68.0 Å². The van der Waals surface area contributed by atoms with Crippen LogP contribution in [0.1, 0.15) is 23.1 Å². The molecule has 3 radical (unpaired) electrons. The number of benzene rings is 18. The Labute approximate surface area is 834 Å². The third-order valence-corrected chi connectivity index (χ3v) is 54.4. The zero-order valence-electron chi connectivity index (χ0n) is 78.0. The Kier molecular flexibility index (Phi) is 27.1. The third-order valence-electron chi connectivity index (χ3n) is 28.0. The van der Waals surface area contributed by atoms with Crippen LogP contribution in [0.5, 0.6) is 34.5 Å². The van der Waals surface area contributed by atoms with E-state index >= 15 is 0 Å². The van der Waals surface area contributed by atoms with Gasteiger partial charge in [-0.1, -0.05) is 423 Å². The Morgan fingerprint density at radius 2 is 0.482 bits per heavy atom. The standard InChI is InChI=1S/C62H48N2OSi3.C24H19NSi.C14H12Br2OSi.C14H14OSi.C4H8O.CH3F.CH4.B.H2/c1-66(2)59-43-23-37-53(63-49-33-15-19-39-55(49)67(45-25-7-3-8-26-45,46-27-9-4-10-28-46)56-40-20-16-34-50(56)63)61(59)65-62-54(38-24-44-60(62)66)64-51-35-17-21-41-57(51)68(47-29-11-5-12-30-47,48-31-13-6-14-32-48)58-42-22-18-36-52(58)64;1-3-11-19(12-4-1)26(20-13-5-2-6-14-20)23-17-9-7-15-21(23)25-22-16-8-10-18-24(22)26;1-18(2)11-7-3-5-9(15)13(11)17-14-10(16)6-4-8-12(14)18;1-16(2)13-9-5-3-7-11(13)15-12-8-4-6-10-14(12)16;1-2-4-5-3-1;1-2;;;/h3-44H,1-2H3;1-18,25H;3-8H,1-2H3;3-10H,1-2H3;1-4H2;1H3;1H4;;1H/i;;;;;1D;;;1+1. The highest BCUT2D eigenvalue weighted by Gasteiger charge is 2.54. The van der Waals surface area contributed by atoms with Crippen LogP contribution in [0.4, 0.5) is 49.9 Å². The Bertz CT molecular complexity index is 6800. The lowest BCUT2D eigenvalue weighted by molar-refractivity contribution is 0.198. The van der Waals surface area contributed by atoms with Crippen LogP contribution in [0, 0.1) is 0 Å². The average Bonchev–Trinajstić information content (AvgIpc) is 0.878. The number of ether oxygens (including phenoxy) is 4. The van der Waals surface area contributed by atoms with Gasteiger partial charge in [0.15, 0.2) is 35.7 Å². The quantitative estimate of drug-likeness (QED) is 0.152. The smallest absolute Gasteiger partial charge is 0.184 e. The number of hydrogen-bond acceptors (Lipinski definition) is 7. The highest BCUT2D eigenvalue weighted by Crippen LogP contribution is 2.50. The van der Waals surface area contributed by atoms with Gasteiger partial charge in [0.1, 0.15) is 47.2 Å². The second kappa shape index (κ2) is 40.0. The fourth-order valence-corrected chi connectivity index (χ4v) is 46.8. The van der Waals surface area contributed by atoms with Gasteiger partial charge in [0.2, 0.25) is 0 Å². The van der Waals surface area contributed by atoms with E-state index in [0.29, 0.717) is 0 Å².